The van der Waals surface area contributed by atoms with Crippen molar-refractivity contribution in [1.82, 2.24) is 9.71 Å². The first-order valence-electron chi connectivity index (χ1n) is 8.21. The van der Waals surface area contributed by atoms with Gasteiger partial charge in [0.1, 0.15) is 10.6 Å². The van der Waals surface area contributed by atoms with Crippen LogP contribution in [0.3, 0.4) is 0 Å². The van der Waals surface area contributed by atoms with Gasteiger partial charge in [-0.05, 0) is 42.3 Å². The van der Waals surface area contributed by atoms with E-state index in [1.54, 1.807) is 30.3 Å². The van der Waals surface area contributed by atoms with E-state index in [2.05, 4.69) is 25.6 Å². The number of carbonyl (C=O) groups excluding carboxylic acids is 1. The van der Waals surface area contributed by atoms with Gasteiger partial charge in [-0.15, -0.1) is 0 Å². The maximum atomic E-state index is 12.9. The van der Waals surface area contributed by atoms with Gasteiger partial charge < -0.3 is 10.7 Å². The molecule has 0 aliphatic rings. The quantitative estimate of drug-likeness (QED) is 0.381. The van der Waals surface area contributed by atoms with Crippen LogP contribution in [0.2, 0.25) is 0 Å². The van der Waals surface area contributed by atoms with E-state index in [0.717, 1.165) is 0 Å². The van der Waals surface area contributed by atoms with Crippen molar-refractivity contribution in [2.75, 3.05) is 6.54 Å². The average molecular weight is 501 g/mol. The third-order valence-electron chi connectivity index (χ3n) is 4.19. The number of halogens is 1. The predicted molar refractivity (Wildman–Crippen MR) is 111 cm³/mol. The molecular formula is C17H17BrN4O5S2. The molecule has 29 heavy (non-hydrogen) atoms. The monoisotopic (exact) mass is 500 g/mol. The molecule has 0 spiro atoms. The second-order valence-electron chi connectivity index (χ2n) is 6.22. The molecule has 0 fully saturated rings. The Kier molecular flexibility index (Phi) is 5.83. The fourth-order valence-corrected chi connectivity index (χ4v) is 5.11. The molecule has 0 aliphatic carbocycles. The Morgan fingerprint density at radius 1 is 1.07 bits per heavy atom. The summed E-state index contributed by atoms with van der Waals surface area (Å²) in [5.74, 6) is -0.892. The van der Waals surface area contributed by atoms with Gasteiger partial charge in [-0.3, -0.25) is 4.79 Å². The Bertz CT molecular complexity index is 1300. The minimum Gasteiger partial charge on any atom is -0.364 e. The molecule has 0 unspecified atom stereocenters. The van der Waals surface area contributed by atoms with E-state index in [1.165, 1.54) is 12.1 Å². The lowest BCUT2D eigenvalue weighted by Gasteiger charge is -2.08. The van der Waals surface area contributed by atoms with Gasteiger partial charge in [0.15, 0.2) is 0 Å². The van der Waals surface area contributed by atoms with Crippen LogP contribution in [0.15, 0.2) is 56.7 Å². The Morgan fingerprint density at radius 2 is 1.72 bits per heavy atom. The molecule has 0 aliphatic heterocycles. The van der Waals surface area contributed by atoms with E-state index in [-0.39, 0.29) is 22.0 Å². The highest BCUT2D eigenvalue weighted by Gasteiger charge is 2.26. The van der Waals surface area contributed by atoms with Crippen molar-refractivity contribution in [2.45, 2.75) is 16.2 Å². The number of nitrogens with one attached hydrogen (secondary N) is 2. The topological polar surface area (TPSA) is 165 Å². The van der Waals surface area contributed by atoms with Crippen molar-refractivity contribution in [1.29, 1.82) is 0 Å². The number of fused-ring (bicyclic) bond motifs is 1. The summed E-state index contributed by atoms with van der Waals surface area (Å²) in [6, 6.07) is 10.7. The van der Waals surface area contributed by atoms with Crippen molar-refractivity contribution in [2.24, 2.45) is 10.9 Å². The van der Waals surface area contributed by atoms with Crippen LogP contribution in [0.5, 0.6) is 0 Å². The minimum atomic E-state index is -4.06. The van der Waals surface area contributed by atoms with E-state index in [1.807, 2.05) is 0 Å². The molecule has 3 aromatic rings. The summed E-state index contributed by atoms with van der Waals surface area (Å²) in [4.78, 5) is 14.3. The Morgan fingerprint density at radius 3 is 2.31 bits per heavy atom. The number of rotatable bonds is 7. The lowest BCUT2D eigenvalue weighted by Crippen LogP contribution is -2.28. The van der Waals surface area contributed by atoms with Gasteiger partial charge in [0.05, 0.1) is 4.90 Å². The van der Waals surface area contributed by atoms with Crippen LogP contribution in [0.1, 0.15) is 16.1 Å². The van der Waals surface area contributed by atoms with Crippen molar-refractivity contribution < 1.29 is 21.6 Å². The highest BCUT2D eigenvalue weighted by atomic mass is 79.9. The number of aromatic amines is 1. The van der Waals surface area contributed by atoms with Gasteiger partial charge in [-0.25, -0.2) is 26.7 Å². The summed E-state index contributed by atoms with van der Waals surface area (Å²) < 4.78 is 51.4. The van der Waals surface area contributed by atoms with E-state index in [9.17, 15) is 21.6 Å². The third-order valence-corrected chi connectivity index (χ3v) is 7.15. The molecule has 1 amide bonds. The number of primary sulfonamides is 1. The molecule has 6 N–H and O–H groups in total. The van der Waals surface area contributed by atoms with Gasteiger partial charge >= 0.3 is 0 Å². The normalized spacial score (nSPS) is 12.3. The summed E-state index contributed by atoms with van der Waals surface area (Å²) >= 11 is 3.29. The maximum Gasteiger partial charge on any atom is 0.266 e. The van der Waals surface area contributed by atoms with Crippen molar-refractivity contribution >= 4 is 52.8 Å². The van der Waals surface area contributed by atoms with Crippen LogP contribution in [0, 0.1) is 0 Å². The molecule has 12 heteroatoms. The Hall–Kier alpha value is -2.25. The van der Waals surface area contributed by atoms with E-state index >= 15 is 0 Å². The number of aromatic nitrogens is 1. The number of hydrogen-bond donors (Lipinski definition) is 4. The van der Waals surface area contributed by atoms with Gasteiger partial charge in [-0.1, -0.05) is 28.1 Å². The number of carbonyl (C=O) groups is 1. The number of nitrogens with two attached hydrogens (primary N) is 2. The number of H-pyrrole nitrogens is 1. The van der Waals surface area contributed by atoms with Gasteiger partial charge in [0.25, 0.3) is 5.91 Å². The zero-order valence-electron chi connectivity index (χ0n) is 14.8. The molecule has 1 heterocycles. The molecule has 2 aromatic carbocycles. The van der Waals surface area contributed by atoms with Crippen molar-refractivity contribution in [3.05, 3.63) is 58.2 Å². The van der Waals surface area contributed by atoms with Gasteiger partial charge in [0, 0.05) is 21.9 Å². The molecule has 0 atom stereocenters. The molecule has 1 aromatic heterocycles. The number of sulfonamides is 2. The predicted octanol–water partition coefficient (Wildman–Crippen LogP) is 1.20. The number of amides is 1. The standard InChI is InChI=1S/C17H17BrN4O5S2/c18-11-3-6-14-13(9-11)16(15(22-14)17(19)23)29(26,27)21-8-7-10-1-4-12(5-2-10)28(20,24)25/h1-6,9,21-22H,7-8H2,(H2,19,23)(H2,20,24,25). The molecule has 9 nitrogen and oxygen atoms in total. The van der Waals surface area contributed by atoms with E-state index in [4.69, 9.17) is 10.9 Å². The summed E-state index contributed by atoms with van der Waals surface area (Å²) in [5, 5.41) is 5.38. The minimum absolute atomic E-state index is 0.0237. The summed E-state index contributed by atoms with van der Waals surface area (Å²) in [7, 11) is -7.85. The molecule has 154 valence electrons. The fraction of sp³-hybridized carbons (Fsp3) is 0.118. The summed E-state index contributed by atoms with van der Waals surface area (Å²) in [6.45, 7) is 0.0237. The van der Waals surface area contributed by atoms with E-state index < -0.39 is 26.0 Å². The van der Waals surface area contributed by atoms with Crippen LogP contribution >= 0.6 is 15.9 Å². The highest BCUT2D eigenvalue weighted by Crippen LogP contribution is 2.29. The first-order valence-corrected chi connectivity index (χ1v) is 12.0. The SMILES string of the molecule is NC(=O)c1[nH]c2ccc(Br)cc2c1S(=O)(=O)NCCc1ccc(S(N)(=O)=O)cc1. The molecule has 0 saturated carbocycles. The van der Waals surface area contributed by atoms with E-state index in [0.29, 0.717) is 27.4 Å². The lowest BCUT2D eigenvalue weighted by molar-refractivity contribution is 0.0993. The molecule has 0 radical (unpaired) electrons. The summed E-state index contributed by atoms with van der Waals surface area (Å²) in [6.07, 6.45) is 0.294. The largest absolute Gasteiger partial charge is 0.364 e. The fourth-order valence-electron chi connectivity index (χ4n) is 2.84. The smallest absolute Gasteiger partial charge is 0.266 e. The van der Waals surface area contributed by atoms with Crippen LogP contribution < -0.4 is 15.6 Å². The molecular weight excluding hydrogens is 484 g/mol. The molecule has 0 bridgehead atoms. The van der Waals surface area contributed by atoms with Crippen LogP contribution in [-0.4, -0.2) is 34.3 Å². The molecule has 3 rings (SSSR count). The van der Waals surface area contributed by atoms with Gasteiger partial charge in [0.2, 0.25) is 20.0 Å². The van der Waals surface area contributed by atoms with Crippen molar-refractivity contribution in [3.8, 4) is 0 Å². The maximum absolute atomic E-state index is 12.9. The zero-order valence-corrected chi connectivity index (χ0v) is 18.1. The average Bonchev–Trinajstić information content (AvgIpc) is 3.01. The van der Waals surface area contributed by atoms with Crippen LogP contribution in [0.25, 0.3) is 10.9 Å². The first kappa shape index (κ1) is 21.5. The highest BCUT2D eigenvalue weighted by molar-refractivity contribution is 9.10. The number of primary amides is 1. The third kappa shape index (κ3) is 4.67. The van der Waals surface area contributed by atoms with Crippen molar-refractivity contribution in [3.63, 3.8) is 0 Å². The zero-order chi connectivity index (χ0) is 21.4. The Balaban J connectivity index is 1.84. The summed E-state index contributed by atoms with van der Waals surface area (Å²) in [5.41, 5.74) is 6.31. The first-order chi connectivity index (χ1) is 13.5. The lowest BCUT2D eigenvalue weighted by atomic mass is 10.2. The van der Waals surface area contributed by atoms with Crippen LogP contribution in [-0.2, 0) is 26.5 Å². The number of hydrogen-bond acceptors (Lipinski definition) is 5. The van der Waals surface area contributed by atoms with Crippen LogP contribution in [0.4, 0.5) is 0 Å². The molecule has 0 saturated heterocycles. The second-order valence-corrected chi connectivity index (χ2v) is 10.4. The number of benzene rings is 2. The Labute approximate surface area is 175 Å². The van der Waals surface area contributed by atoms with Gasteiger partial charge in [-0.2, -0.15) is 0 Å². The second kappa shape index (κ2) is 7.88.